The number of carbonyl (C=O) groups excluding carboxylic acids is 1. The number of rotatable bonds is 1. The summed E-state index contributed by atoms with van der Waals surface area (Å²) in [6.45, 7) is 3.35. The number of hydrogen-bond acceptors (Lipinski definition) is 2. The van der Waals surface area contributed by atoms with E-state index in [0.29, 0.717) is 13.0 Å². The van der Waals surface area contributed by atoms with Gasteiger partial charge < -0.3 is 11.1 Å². The lowest BCUT2D eigenvalue weighted by Crippen LogP contribution is -2.29. The summed E-state index contributed by atoms with van der Waals surface area (Å²) >= 11 is 0. The molecule has 0 aromatic rings. The highest BCUT2D eigenvalue weighted by Gasteiger charge is 2.31. The molecule has 1 heterocycles. The molecule has 1 saturated heterocycles. The first kappa shape index (κ1) is 6.55. The van der Waals surface area contributed by atoms with Gasteiger partial charge in [-0.15, -0.1) is 0 Å². The smallest absolute Gasteiger partial charge is 0.220 e. The SMILES string of the molecule is CC1(CN)CNC(=O)C1. The van der Waals surface area contributed by atoms with Gasteiger partial charge in [-0.2, -0.15) is 0 Å². The number of carbonyl (C=O) groups is 1. The van der Waals surface area contributed by atoms with Crippen molar-refractivity contribution in [2.45, 2.75) is 13.3 Å². The quantitative estimate of drug-likeness (QED) is 0.499. The zero-order valence-corrected chi connectivity index (χ0v) is 5.61. The first-order chi connectivity index (χ1) is 4.16. The Morgan fingerprint density at radius 3 is 2.78 bits per heavy atom. The summed E-state index contributed by atoms with van der Waals surface area (Å²) in [5.41, 5.74) is 5.46. The zero-order chi connectivity index (χ0) is 6.91. The van der Waals surface area contributed by atoms with Crippen molar-refractivity contribution < 1.29 is 4.79 Å². The first-order valence-corrected chi connectivity index (χ1v) is 3.13. The van der Waals surface area contributed by atoms with E-state index in [1.54, 1.807) is 0 Å². The summed E-state index contributed by atoms with van der Waals surface area (Å²) in [5, 5.41) is 2.74. The molecule has 0 aromatic carbocycles. The fourth-order valence-corrected chi connectivity index (χ4v) is 0.969. The summed E-state index contributed by atoms with van der Waals surface area (Å²) in [5.74, 6) is 0.128. The van der Waals surface area contributed by atoms with Crippen molar-refractivity contribution in [3.8, 4) is 0 Å². The van der Waals surface area contributed by atoms with Gasteiger partial charge in [-0.25, -0.2) is 0 Å². The predicted octanol–water partition coefficient (Wildman–Crippen LogP) is -0.529. The van der Waals surface area contributed by atoms with Gasteiger partial charge in [0.2, 0.25) is 5.91 Å². The minimum Gasteiger partial charge on any atom is -0.355 e. The Morgan fingerprint density at radius 2 is 2.56 bits per heavy atom. The third-order valence-electron chi connectivity index (χ3n) is 1.79. The molecule has 1 unspecified atom stereocenters. The lowest BCUT2D eigenvalue weighted by atomic mass is 9.90. The van der Waals surface area contributed by atoms with Gasteiger partial charge in [0.15, 0.2) is 0 Å². The molecule has 1 aliphatic heterocycles. The fraction of sp³-hybridized carbons (Fsp3) is 0.833. The summed E-state index contributed by atoms with van der Waals surface area (Å²) < 4.78 is 0. The van der Waals surface area contributed by atoms with E-state index in [9.17, 15) is 4.79 Å². The Balaban J connectivity index is 2.54. The van der Waals surface area contributed by atoms with E-state index in [4.69, 9.17) is 5.73 Å². The highest BCUT2D eigenvalue weighted by molar-refractivity contribution is 5.79. The lowest BCUT2D eigenvalue weighted by molar-refractivity contribution is -0.119. The molecule has 1 rings (SSSR count). The van der Waals surface area contributed by atoms with Crippen LogP contribution in [0.2, 0.25) is 0 Å². The second kappa shape index (κ2) is 1.99. The molecule has 0 aliphatic carbocycles. The molecular formula is C6H12N2O. The monoisotopic (exact) mass is 128 g/mol. The third kappa shape index (κ3) is 1.21. The van der Waals surface area contributed by atoms with Crippen molar-refractivity contribution in [2.75, 3.05) is 13.1 Å². The van der Waals surface area contributed by atoms with Gasteiger partial charge in [0.05, 0.1) is 0 Å². The van der Waals surface area contributed by atoms with Gasteiger partial charge in [-0.1, -0.05) is 6.92 Å². The van der Waals surface area contributed by atoms with Crippen molar-refractivity contribution in [1.29, 1.82) is 0 Å². The van der Waals surface area contributed by atoms with Crippen LogP contribution in [0.4, 0.5) is 0 Å². The fourth-order valence-electron chi connectivity index (χ4n) is 0.969. The largest absolute Gasteiger partial charge is 0.355 e. The molecule has 3 N–H and O–H groups in total. The number of amides is 1. The summed E-state index contributed by atoms with van der Waals surface area (Å²) in [6, 6.07) is 0. The van der Waals surface area contributed by atoms with Crippen LogP contribution in [0.3, 0.4) is 0 Å². The molecule has 0 bridgehead atoms. The number of hydrogen-bond donors (Lipinski definition) is 2. The first-order valence-electron chi connectivity index (χ1n) is 3.13. The van der Waals surface area contributed by atoms with Crippen LogP contribution < -0.4 is 11.1 Å². The highest BCUT2D eigenvalue weighted by atomic mass is 16.1. The normalized spacial score (nSPS) is 34.7. The maximum Gasteiger partial charge on any atom is 0.220 e. The minimum absolute atomic E-state index is 0.0249. The molecular weight excluding hydrogens is 116 g/mol. The van der Waals surface area contributed by atoms with Crippen LogP contribution in [0.1, 0.15) is 13.3 Å². The van der Waals surface area contributed by atoms with E-state index in [-0.39, 0.29) is 11.3 Å². The molecule has 3 nitrogen and oxygen atoms in total. The van der Waals surface area contributed by atoms with E-state index < -0.39 is 0 Å². The van der Waals surface area contributed by atoms with E-state index in [1.165, 1.54) is 0 Å². The molecule has 3 heteroatoms. The number of nitrogens with one attached hydrogen (secondary N) is 1. The van der Waals surface area contributed by atoms with Crippen molar-refractivity contribution in [1.82, 2.24) is 5.32 Å². The third-order valence-corrected chi connectivity index (χ3v) is 1.79. The van der Waals surface area contributed by atoms with Gasteiger partial charge in [-0.05, 0) is 6.54 Å². The van der Waals surface area contributed by atoms with Gasteiger partial charge in [-0.3, -0.25) is 4.79 Å². The average molecular weight is 128 g/mol. The summed E-state index contributed by atoms with van der Waals surface area (Å²) in [6.07, 6.45) is 0.587. The molecule has 9 heavy (non-hydrogen) atoms. The average Bonchev–Trinajstić information content (AvgIpc) is 2.13. The van der Waals surface area contributed by atoms with Gasteiger partial charge >= 0.3 is 0 Å². The molecule has 0 spiro atoms. The van der Waals surface area contributed by atoms with Crippen molar-refractivity contribution in [2.24, 2.45) is 11.1 Å². The maximum absolute atomic E-state index is 10.7. The Kier molecular flexibility index (Phi) is 1.45. The second-order valence-electron chi connectivity index (χ2n) is 2.97. The molecule has 0 saturated carbocycles. The van der Waals surface area contributed by atoms with Crippen LogP contribution >= 0.6 is 0 Å². The van der Waals surface area contributed by atoms with Crippen LogP contribution in [-0.4, -0.2) is 19.0 Å². The Labute approximate surface area is 54.6 Å². The molecule has 0 aromatic heterocycles. The van der Waals surface area contributed by atoms with E-state index in [1.807, 2.05) is 6.92 Å². The Morgan fingerprint density at radius 1 is 1.89 bits per heavy atom. The van der Waals surface area contributed by atoms with Gasteiger partial charge in [0, 0.05) is 18.4 Å². The molecule has 52 valence electrons. The minimum atomic E-state index is 0.0249. The molecule has 1 amide bonds. The summed E-state index contributed by atoms with van der Waals surface area (Å²) in [7, 11) is 0. The van der Waals surface area contributed by atoms with E-state index in [2.05, 4.69) is 5.32 Å². The topological polar surface area (TPSA) is 55.1 Å². The lowest BCUT2D eigenvalue weighted by Gasteiger charge is -2.16. The van der Waals surface area contributed by atoms with E-state index in [0.717, 1.165) is 6.54 Å². The molecule has 1 atom stereocenters. The van der Waals surface area contributed by atoms with E-state index >= 15 is 0 Å². The van der Waals surface area contributed by atoms with Gasteiger partial charge in [0.25, 0.3) is 0 Å². The second-order valence-corrected chi connectivity index (χ2v) is 2.97. The van der Waals surface area contributed by atoms with Crippen LogP contribution in [0, 0.1) is 5.41 Å². The highest BCUT2D eigenvalue weighted by Crippen LogP contribution is 2.22. The molecule has 0 radical (unpaired) electrons. The van der Waals surface area contributed by atoms with Crippen molar-refractivity contribution in [3.05, 3.63) is 0 Å². The zero-order valence-electron chi connectivity index (χ0n) is 5.61. The standard InChI is InChI=1S/C6H12N2O/c1-6(3-7)2-5(9)8-4-6/h2-4,7H2,1H3,(H,8,9). The Bertz CT molecular complexity index is 135. The predicted molar refractivity (Wildman–Crippen MR) is 34.8 cm³/mol. The van der Waals surface area contributed by atoms with Gasteiger partial charge in [0.1, 0.15) is 0 Å². The molecule has 1 aliphatic rings. The number of nitrogens with two attached hydrogens (primary N) is 1. The van der Waals surface area contributed by atoms with Crippen molar-refractivity contribution >= 4 is 5.91 Å². The van der Waals surface area contributed by atoms with Crippen molar-refractivity contribution in [3.63, 3.8) is 0 Å². The Hall–Kier alpha value is -0.570. The molecule has 1 fully saturated rings. The van der Waals surface area contributed by atoms with Crippen LogP contribution in [0.5, 0.6) is 0 Å². The van der Waals surface area contributed by atoms with Crippen LogP contribution in [0.15, 0.2) is 0 Å². The summed E-state index contributed by atoms with van der Waals surface area (Å²) in [4.78, 5) is 10.7. The van der Waals surface area contributed by atoms with Crippen LogP contribution in [0.25, 0.3) is 0 Å². The van der Waals surface area contributed by atoms with Crippen LogP contribution in [-0.2, 0) is 4.79 Å². The maximum atomic E-state index is 10.7.